The first-order chi connectivity index (χ1) is 19.1. The average Bonchev–Trinajstić information content (AvgIpc) is 2.93. The number of rotatable bonds is 7. The van der Waals surface area contributed by atoms with Crippen LogP contribution in [0, 0.1) is 12.8 Å². The summed E-state index contributed by atoms with van der Waals surface area (Å²) in [5, 5.41) is 8.37. The third kappa shape index (κ3) is 9.29. The molecule has 0 saturated carbocycles. The molecule has 10 nitrogen and oxygen atoms in total. The maximum atomic E-state index is 13.2. The number of carbonyl (C=O) groups excluding carboxylic acids is 4. The Labute approximate surface area is 235 Å². The number of likely N-dealkylation sites (N-methyl/N-ethyl adjacent to an activating group) is 1. The summed E-state index contributed by atoms with van der Waals surface area (Å²) >= 11 is 0. The van der Waals surface area contributed by atoms with Gasteiger partial charge in [0.05, 0.1) is 18.7 Å². The molecular formula is C30H40N4O6. The van der Waals surface area contributed by atoms with E-state index in [4.69, 9.17) is 9.47 Å². The first-order valence-corrected chi connectivity index (χ1v) is 13.7. The Morgan fingerprint density at radius 1 is 1.10 bits per heavy atom. The van der Waals surface area contributed by atoms with Crippen LogP contribution >= 0.6 is 0 Å². The van der Waals surface area contributed by atoms with Crippen molar-refractivity contribution in [1.82, 2.24) is 20.9 Å². The van der Waals surface area contributed by atoms with Gasteiger partial charge in [0.25, 0.3) is 5.91 Å². The fourth-order valence-electron chi connectivity index (χ4n) is 4.29. The molecule has 2 aromatic rings. The number of aryl methyl sites for hydroxylation is 1. The van der Waals surface area contributed by atoms with Gasteiger partial charge in [0, 0.05) is 13.5 Å². The van der Waals surface area contributed by atoms with E-state index in [1.165, 1.54) is 4.90 Å². The number of ether oxygens (including phenoxy) is 2. The second-order valence-electron chi connectivity index (χ2n) is 10.4. The van der Waals surface area contributed by atoms with Crippen LogP contribution in [-0.4, -0.2) is 74.0 Å². The van der Waals surface area contributed by atoms with Crippen molar-refractivity contribution in [3.8, 4) is 11.5 Å². The third-order valence-electron chi connectivity index (χ3n) is 6.51. The van der Waals surface area contributed by atoms with E-state index in [-0.39, 0.29) is 62.4 Å². The smallest absolute Gasteiger partial charge is 0.255 e. The fourth-order valence-corrected chi connectivity index (χ4v) is 4.29. The monoisotopic (exact) mass is 552 g/mol. The van der Waals surface area contributed by atoms with E-state index < -0.39 is 23.9 Å². The van der Waals surface area contributed by atoms with E-state index in [1.807, 2.05) is 45.0 Å². The van der Waals surface area contributed by atoms with Crippen LogP contribution < -0.4 is 25.4 Å². The molecule has 1 aliphatic heterocycles. The van der Waals surface area contributed by atoms with Gasteiger partial charge in [-0.1, -0.05) is 43.7 Å². The number of para-hydroxylation sites is 1. The number of carbonyl (C=O) groups is 4. The lowest BCUT2D eigenvalue weighted by Gasteiger charge is -2.26. The number of hydrogen-bond acceptors (Lipinski definition) is 6. The largest absolute Gasteiger partial charge is 0.492 e. The highest BCUT2D eigenvalue weighted by molar-refractivity contribution is 5.99. The molecule has 0 saturated heterocycles. The Kier molecular flexibility index (Phi) is 11.4. The summed E-state index contributed by atoms with van der Waals surface area (Å²) < 4.78 is 11.5. The molecule has 0 spiro atoms. The normalized spacial score (nSPS) is 18.9. The van der Waals surface area contributed by atoms with Crippen molar-refractivity contribution >= 4 is 23.6 Å². The van der Waals surface area contributed by atoms with Crippen LogP contribution in [0.4, 0.5) is 0 Å². The number of fused-ring (bicyclic) bond motifs is 1. The molecule has 0 fully saturated rings. The van der Waals surface area contributed by atoms with E-state index >= 15 is 0 Å². The first-order valence-electron chi connectivity index (χ1n) is 13.7. The van der Waals surface area contributed by atoms with Gasteiger partial charge in [0.2, 0.25) is 17.7 Å². The summed E-state index contributed by atoms with van der Waals surface area (Å²) in [7, 11) is 1.66. The summed E-state index contributed by atoms with van der Waals surface area (Å²) in [4.78, 5) is 53.8. The standard InChI is InChI=1S/C30H40N4O6/c1-20(2)19-25-30(38)34(4)16-18-40-26-8-6-5-7-23(26)28(36)33-24(13-14-27(35)32-25)29(37)31-15-17-39-22-11-9-21(3)10-12-22/h5-12,20,24-25H,13-19H2,1-4H3,(H,31,37)(H,32,35)(H,33,36)/t24-,25-/m0/s1. The molecule has 0 bridgehead atoms. The van der Waals surface area contributed by atoms with E-state index in [0.717, 1.165) is 5.56 Å². The van der Waals surface area contributed by atoms with Crippen molar-refractivity contribution in [2.45, 2.75) is 52.1 Å². The van der Waals surface area contributed by atoms with Crippen molar-refractivity contribution in [1.29, 1.82) is 0 Å². The second kappa shape index (κ2) is 14.9. The van der Waals surface area contributed by atoms with E-state index in [9.17, 15) is 19.2 Å². The summed E-state index contributed by atoms with van der Waals surface area (Å²) in [6.45, 7) is 6.81. The predicted octanol–water partition coefficient (Wildman–Crippen LogP) is 2.45. The van der Waals surface area contributed by atoms with Gasteiger partial charge in [-0.15, -0.1) is 0 Å². The maximum absolute atomic E-state index is 13.2. The lowest BCUT2D eigenvalue weighted by atomic mass is 10.0. The highest BCUT2D eigenvalue weighted by atomic mass is 16.5. The molecule has 0 radical (unpaired) electrons. The van der Waals surface area contributed by atoms with Gasteiger partial charge < -0.3 is 30.3 Å². The molecule has 4 amide bonds. The SMILES string of the molecule is Cc1ccc(OCCNC(=O)[C@@H]2CCC(=O)N[C@@H](CC(C)C)C(=O)N(C)CCOc3ccccc3C(=O)N2)cc1. The van der Waals surface area contributed by atoms with Gasteiger partial charge in [0.15, 0.2) is 0 Å². The van der Waals surface area contributed by atoms with Gasteiger partial charge in [-0.25, -0.2) is 0 Å². The summed E-state index contributed by atoms with van der Waals surface area (Å²) in [6.07, 6.45) is 0.464. The Morgan fingerprint density at radius 3 is 2.55 bits per heavy atom. The van der Waals surface area contributed by atoms with Crippen LogP contribution in [0.1, 0.15) is 49.0 Å². The zero-order valence-electron chi connectivity index (χ0n) is 23.7. The molecule has 216 valence electrons. The van der Waals surface area contributed by atoms with Crippen LogP contribution in [-0.2, 0) is 14.4 Å². The molecule has 1 aliphatic rings. The molecule has 0 aromatic heterocycles. The van der Waals surface area contributed by atoms with Gasteiger partial charge in [-0.3, -0.25) is 19.2 Å². The Morgan fingerprint density at radius 2 is 1.82 bits per heavy atom. The molecule has 2 atom stereocenters. The maximum Gasteiger partial charge on any atom is 0.255 e. The molecule has 3 N–H and O–H groups in total. The topological polar surface area (TPSA) is 126 Å². The molecule has 40 heavy (non-hydrogen) atoms. The third-order valence-corrected chi connectivity index (χ3v) is 6.51. The van der Waals surface area contributed by atoms with E-state index in [2.05, 4.69) is 16.0 Å². The Bertz CT molecular complexity index is 1170. The van der Waals surface area contributed by atoms with Gasteiger partial charge in [-0.2, -0.15) is 0 Å². The quantitative estimate of drug-likeness (QED) is 0.453. The van der Waals surface area contributed by atoms with Gasteiger partial charge in [0.1, 0.15) is 36.8 Å². The van der Waals surface area contributed by atoms with Crippen molar-refractivity contribution in [2.75, 3.05) is 33.4 Å². The number of amides is 4. The number of hydrogen-bond donors (Lipinski definition) is 3. The van der Waals surface area contributed by atoms with Gasteiger partial charge >= 0.3 is 0 Å². The van der Waals surface area contributed by atoms with Crippen LogP contribution in [0.25, 0.3) is 0 Å². The molecule has 10 heteroatoms. The van der Waals surface area contributed by atoms with Crippen LogP contribution in [0.15, 0.2) is 48.5 Å². The Balaban J connectivity index is 1.74. The van der Waals surface area contributed by atoms with E-state index in [1.54, 1.807) is 31.3 Å². The first kappa shape index (κ1) is 30.5. The van der Waals surface area contributed by atoms with Crippen LogP contribution in [0.5, 0.6) is 11.5 Å². The lowest BCUT2D eigenvalue weighted by molar-refractivity contribution is -0.136. The highest BCUT2D eigenvalue weighted by Gasteiger charge is 2.28. The zero-order valence-corrected chi connectivity index (χ0v) is 23.7. The van der Waals surface area contributed by atoms with Crippen LogP contribution in [0.3, 0.4) is 0 Å². The molecule has 0 unspecified atom stereocenters. The van der Waals surface area contributed by atoms with Crippen molar-refractivity contribution in [3.63, 3.8) is 0 Å². The number of nitrogens with zero attached hydrogens (tertiary/aromatic N) is 1. The minimum absolute atomic E-state index is 0.0453. The zero-order chi connectivity index (χ0) is 29.1. The lowest BCUT2D eigenvalue weighted by Crippen LogP contribution is -2.50. The summed E-state index contributed by atoms with van der Waals surface area (Å²) in [5.74, 6) is -0.317. The summed E-state index contributed by atoms with van der Waals surface area (Å²) in [6, 6.07) is 12.6. The van der Waals surface area contributed by atoms with Crippen molar-refractivity contribution < 1.29 is 28.7 Å². The molecule has 2 aromatic carbocycles. The Hall–Kier alpha value is -4.08. The minimum atomic E-state index is -0.988. The van der Waals surface area contributed by atoms with E-state index in [0.29, 0.717) is 17.9 Å². The molecular weight excluding hydrogens is 512 g/mol. The summed E-state index contributed by atoms with van der Waals surface area (Å²) in [5.41, 5.74) is 1.37. The highest BCUT2D eigenvalue weighted by Crippen LogP contribution is 2.19. The number of benzene rings is 2. The van der Waals surface area contributed by atoms with Crippen LogP contribution in [0.2, 0.25) is 0 Å². The number of nitrogens with one attached hydrogen (secondary N) is 3. The molecule has 1 heterocycles. The predicted molar refractivity (Wildman–Crippen MR) is 151 cm³/mol. The van der Waals surface area contributed by atoms with Gasteiger partial charge in [-0.05, 0) is 49.9 Å². The average molecular weight is 553 g/mol. The van der Waals surface area contributed by atoms with Crippen molar-refractivity contribution in [3.05, 3.63) is 59.7 Å². The molecule has 3 rings (SSSR count). The van der Waals surface area contributed by atoms with Crippen molar-refractivity contribution in [2.24, 2.45) is 5.92 Å². The minimum Gasteiger partial charge on any atom is -0.492 e. The second-order valence-corrected chi connectivity index (χ2v) is 10.4. The fraction of sp³-hybridized carbons (Fsp3) is 0.467. The molecule has 0 aliphatic carbocycles.